The molecule has 0 atom stereocenters. The van der Waals surface area contributed by atoms with E-state index >= 15 is 0 Å². The van der Waals surface area contributed by atoms with E-state index in [2.05, 4.69) is 11.1 Å². The van der Waals surface area contributed by atoms with E-state index < -0.39 is 11.6 Å². The summed E-state index contributed by atoms with van der Waals surface area (Å²) in [5, 5.41) is 9.54. The maximum absolute atomic E-state index is 13.9. The van der Waals surface area contributed by atoms with Crippen LogP contribution in [-0.2, 0) is 0 Å². The van der Waals surface area contributed by atoms with Gasteiger partial charge in [-0.15, -0.1) is 0 Å². The zero-order chi connectivity index (χ0) is 16.4. The highest BCUT2D eigenvalue weighted by molar-refractivity contribution is 6.31. The minimum absolute atomic E-state index is 0.0370. The lowest BCUT2D eigenvalue weighted by Gasteiger charge is -2.09. The van der Waals surface area contributed by atoms with Gasteiger partial charge in [0.25, 0.3) is 0 Å². The number of halogens is 2. The van der Waals surface area contributed by atoms with Gasteiger partial charge in [0.15, 0.2) is 5.78 Å². The fourth-order valence-electron chi connectivity index (χ4n) is 2.41. The van der Waals surface area contributed by atoms with Crippen molar-refractivity contribution in [1.82, 2.24) is 4.98 Å². The number of aromatic amines is 1. The molecule has 1 aromatic heterocycles. The van der Waals surface area contributed by atoms with Gasteiger partial charge in [-0.3, -0.25) is 4.79 Å². The standard InChI is InChI=1S/C18H10ClFN2O/c19-12-5-6-13(16-10-22-9-11(16)8-21)15(7-12)18(23)14-3-1-2-4-17(14)20/h1-7,9-10,22H. The second-order valence-electron chi connectivity index (χ2n) is 4.89. The van der Waals surface area contributed by atoms with E-state index in [-0.39, 0.29) is 11.1 Å². The van der Waals surface area contributed by atoms with Crippen LogP contribution in [0, 0.1) is 17.1 Å². The Kier molecular flexibility index (Phi) is 3.96. The van der Waals surface area contributed by atoms with Crippen molar-refractivity contribution in [3.63, 3.8) is 0 Å². The number of ketones is 1. The third-order valence-corrected chi connectivity index (χ3v) is 3.74. The van der Waals surface area contributed by atoms with Crippen molar-refractivity contribution in [3.8, 4) is 17.2 Å². The molecular weight excluding hydrogens is 315 g/mol. The Morgan fingerprint density at radius 3 is 2.61 bits per heavy atom. The van der Waals surface area contributed by atoms with E-state index in [0.29, 0.717) is 21.7 Å². The highest BCUT2D eigenvalue weighted by Crippen LogP contribution is 2.31. The lowest BCUT2D eigenvalue weighted by Crippen LogP contribution is -2.06. The van der Waals surface area contributed by atoms with E-state index in [1.807, 2.05) is 0 Å². The molecule has 112 valence electrons. The Morgan fingerprint density at radius 1 is 1.09 bits per heavy atom. The van der Waals surface area contributed by atoms with Gasteiger partial charge in [0.05, 0.1) is 11.1 Å². The summed E-state index contributed by atoms with van der Waals surface area (Å²) >= 11 is 6.00. The highest BCUT2D eigenvalue weighted by Gasteiger charge is 2.20. The molecule has 23 heavy (non-hydrogen) atoms. The Morgan fingerprint density at radius 2 is 1.87 bits per heavy atom. The van der Waals surface area contributed by atoms with Crippen LogP contribution in [0.3, 0.4) is 0 Å². The van der Waals surface area contributed by atoms with Crippen molar-refractivity contribution in [1.29, 1.82) is 5.26 Å². The number of carbonyl (C=O) groups is 1. The first kappa shape index (κ1) is 15.0. The zero-order valence-corrected chi connectivity index (χ0v) is 12.6. The van der Waals surface area contributed by atoms with Gasteiger partial charge in [-0.05, 0) is 29.8 Å². The number of carbonyl (C=O) groups excluding carboxylic acids is 1. The lowest BCUT2D eigenvalue weighted by molar-refractivity contribution is 0.103. The number of H-pyrrole nitrogens is 1. The second-order valence-corrected chi connectivity index (χ2v) is 5.33. The quantitative estimate of drug-likeness (QED) is 0.717. The lowest BCUT2D eigenvalue weighted by atomic mass is 9.93. The molecular formula is C18H10ClFN2O. The van der Waals surface area contributed by atoms with E-state index in [0.717, 1.165) is 0 Å². The normalized spacial score (nSPS) is 10.3. The molecule has 0 aliphatic heterocycles. The summed E-state index contributed by atoms with van der Waals surface area (Å²) in [6.07, 6.45) is 3.17. The van der Waals surface area contributed by atoms with Crippen molar-refractivity contribution in [2.75, 3.05) is 0 Å². The van der Waals surface area contributed by atoms with Crippen LogP contribution >= 0.6 is 11.6 Å². The van der Waals surface area contributed by atoms with Crippen LogP contribution in [0.1, 0.15) is 21.5 Å². The van der Waals surface area contributed by atoms with Crippen LogP contribution in [-0.4, -0.2) is 10.8 Å². The second kappa shape index (κ2) is 6.07. The van der Waals surface area contributed by atoms with Gasteiger partial charge in [-0.2, -0.15) is 5.26 Å². The number of rotatable bonds is 3. The molecule has 0 saturated heterocycles. The molecule has 0 aliphatic rings. The number of hydrogen-bond acceptors (Lipinski definition) is 2. The van der Waals surface area contributed by atoms with Gasteiger partial charge in [-0.1, -0.05) is 29.8 Å². The van der Waals surface area contributed by atoms with Crippen LogP contribution in [0.15, 0.2) is 54.9 Å². The molecule has 0 spiro atoms. The predicted octanol–water partition coefficient (Wildman–Crippen LogP) is 4.58. The predicted molar refractivity (Wildman–Crippen MR) is 85.8 cm³/mol. The summed E-state index contributed by atoms with van der Waals surface area (Å²) in [6.45, 7) is 0. The Labute approximate surface area is 137 Å². The first-order chi connectivity index (χ1) is 11.1. The Bertz CT molecular complexity index is 940. The molecule has 0 unspecified atom stereocenters. The van der Waals surface area contributed by atoms with Gasteiger partial charge in [0.1, 0.15) is 11.9 Å². The molecule has 5 heteroatoms. The molecule has 0 radical (unpaired) electrons. The smallest absolute Gasteiger partial charge is 0.196 e. The minimum atomic E-state index is -0.599. The largest absolute Gasteiger partial charge is 0.366 e. The van der Waals surface area contributed by atoms with Crippen LogP contribution in [0.25, 0.3) is 11.1 Å². The molecule has 3 aromatic rings. The van der Waals surface area contributed by atoms with Crippen LogP contribution in [0.2, 0.25) is 5.02 Å². The molecule has 0 saturated carbocycles. The zero-order valence-electron chi connectivity index (χ0n) is 11.8. The number of nitriles is 1. The first-order valence-electron chi connectivity index (χ1n) is 6.78. The number of nitrogens with one attached hydrogen (secondary N) is 1. The molecule has 1 N–H and O–H groups in total. The summed E-state index contributed by atoms with van der Waals surface area (Å²) in [4.78, 5) is 15.6. The fraction of sp³-hybridized carbons (Fsp3) is 0. The van der Waals surface area contributed by atoms with E-state index in [4.69, 9.17) is 11.6 Å². The molecule has 0 fully saturated rings. The van der Waals surface area contributed by atoms with Crippen LogP contribution < -0.4 is 0 Å². The molecule has 3 nitrogen and oxygen atoms in total. The van der Waals surface area contributed by atoms with Crippen molar-refractivity contribution in [2.45, 2.75) is 0 Å². The number of hydrogen-bond donors (Lipinski definition) is 1. The number of benzene rings is 2. The third-order valence-electron chi connectivity index (χ3n) is 3.50. The SMILES string of the molecule is N#Cc1c[nH]cc1-c1ccc(Cl)cc1C(=O)c1ccccc1F. The molecule has 3 rings (SSSR count). The van der Waals surface area contributed by atoms with Crippen molar-refractivity contribution < 1.29 is 9.18 Å². The Hall–Kier alpha value is -2.90. The summed E-state index contributed by atoms with van der Waals surface area (Å²) in [6, 6.07) is 12.6. The van der Waals surface area contributed by atoms with Gasteiger partial charge >= 0.3 is 0 Å². The molecule has 0 amide bonds. The van der Waals surface area contributed by atoms with E-state index in [1.165, 1.54) is 24.3 Å². The average Bonchev–Trinajstić information content (AvgIpc) is 3.03. The topological polar surface area (TPSA) is 56.6 Å². The van der Waals surface area contributed by atoms with Gasteiger partial charge < -0.3 is 4.98 Å². The summed E-state index contributed by atoms with van der Waals surface area (Å²) in [7, 11) is 0. The molecule has 0 bridgehead atoms. The van der Waals surface area contributed by atoms with E-state index in [9.17, 15) is 14.4 Å². The fourth-order valence-corrected chi connectivity index (χ4v) is 2.58. The summed E-state index contributed by atoms with van der Waals surface area (Å²) in [5.74, 6) is -1.08. The summed E-state index contributed by atoms with van der Waals surface area (Å²) in [5.41, 5.74) is 1.71. The average molecular weight is 325 g/mol. The molecule has 2 aromatic carbocycles. The van der Waals surface area contributed by atoms with Crippen LogP contribution in [0.5, 0.6) is 0 Å². The number of nitrogens with zero attached hydrogens (tertiary/aromatic N) is 1. The monoisotopic (exact) mass is 324 g/mol. The minimum Gasteiger partial charge on any atom is -0.366 e. The third kappa shape index (κ3) is 2.75. The van der Waals surface area contributed by atoms with Gasteiger partial charge in [0.2, 0.25) is 0 Å². The summed E-state index contributed by atoms with van der Waals surface area (Å²) < 4.78 is 13.9. The molecule has 0 aliphatic carbocycles. The Balaban J connectivity index is 2.20. The van der Waals surface area contributed by atoms with Crippen LogP contribution in [0.4, 0.5) is 4.39 Å². The van der Waals surface area contributed by atoms with Crippen molar-refractivity contribution >= 4 is 17.4 Å². The van der Waals surface area contributed by atoms with Crippen molar-refractivity contribution in [2.24, 2.45) is 0 Å². The van der Waals surface area contributed by atoms with Crippen molar-refractivity contribution in [3.05, 3.63) is 82.4 Å². The highest BCUT2D eigenvalue weighted by atomic mass is 35.5. The number of aromatic nitrogens is 1. The molecule has 1 heterocycles. The van der Waals surface area contributed by atoms with Gasteiger partial charge in [-0.25, -0.2) is 4.39 Å². The first-order valence-corrected chi connectivity index (χ1v) is 7.15. The maximum atomic E-state index is 13.9. The van der Waals surface area contributed by atoms with Gasteiger partial charge in [0, 0.05) is 28.5 Å². The van der Waals surface area contributed by atoms with E-state index in [1.54, 1.807) is 30.6 Å². The maximum Gasteiger partial charge on any atom is 0.196 e.